The molecule has 0 saturated carbocycles. The third-order valence-electron chi connectivity index (χ3n) is 5.99. The van der Waals surface area contributed by atoms with Crippen molar-refractivity contribution in [3.05, 3.63) is 101 Å². The van der Waals surface area contributed by atoms with E-state index < -0.39 is 27.9 Å². The van der Waals surface area contributed by atoms with Crippen LogP contribution in [-0.2, 0) is 39.0 Å². The van der Waals surface area contributed by atoms with E-state index >= 15 is 0 Å². The molecule has 13 heteroatoms. The number of rotatable bonds is 11. The van der Waals surface area contributed by atoms with Crippen molar-refractivity contribution in [2.75, 3.05) is 11.3 Å². The fourth-order valence-corrected chi connectivity index (χ4v) is 4.88. The molecule has 0 fully saturated rings. The highest BCUT2D eigenvalue weighted by Crippen LogP contribution is 2.31. The monoisotopic (exact) mass is 603 g/mol. The summed E-state index contributed by atoms with van der Waals surface area (Å²) in [5.41, 5.74) is 2.07. The van der Waals surface area contributed by atoms with Gasteiger partial charge in [-0.1, -0.05) is 29.8 Å². The van der Waals surface area contributed by atoms with Crippen molar-refractivity contribution in [2.45, 2.75) is 39.9 Å². The molecule has 0 aliphatic heterocycles. The van der Waals surface area contributed by atoms with E-state index in [9.17, 15) is 26.4 Å². The summed E-state index contributed by atoms with van der Waals surface area (Å²) in [6.07, 6.45) is -4.05. The first kappa shape index (κ1) is 30.6. The highest BCUT2D eigenvalue weighted by atomic mass is 32.2. The maximum absolute atomic E-state index is 12.9. The number of hydroxylamine groups is 1. The average molecular weight is 604 g/mol. The Morgan fingerprint density at radius 1 is 0.976 bits per heavy atom. The molecule has 0 aliphatic carbocycles. The zero-order valence-electron chi connectivity index (χ0n) is 22.9. The van der Waals surface area contributed by atoms with Crippen molar-refractivity contribution in [1.29, 1.82) is 0 Å². The standard InChI is InChI=1S/C29H28F3N3O6S/c1-19-4-12-25(13-5-19)34-42(37,38)35(41-21(3)36)18-22-6-14-26(15-7-22)39-17-16-27-20(2)40-28(33-27)23-8-10-24(11-9-23)29(30,31)32/h4-15,34H,16-18H2,1-3H3. The third kappa shape index (κ3) is 8.10. The molecule has 0 radical (unpaired) electrons. The van der Waals surface area contributed by atoms with Crippen LogP contribution in [-0.4, -0.2) is 30.4 Å². The molecule has 0 saturated heterocycles. The molecule has 0 spiro atoms. The van der Waals surface area contributed by atoms with Gasteiger partial charge >= 0.3 is 22.4 Å². The lowest BCUT2D eigenvalue weighted by Crippen LogP contribution is -2.36. The summed E-state index contributed by atoms with van der Waals surface area (Å²) >= 11 is 0. The Labute approximate surface area is 241 Å². The van der Waals surface area contributed by atoms with Crippen LogP contribution in [0.3, 0.4) is 0 Å². The summed E-state index contributed by atoms with van der Waals surface area (Å²) in [5.74, 6) is 0.441. The quantitative estimate of drug-likeness (QED) is 0.202. The second-order valence-electron chi connectivity index (χ2n) is 9.36. The minimum absolute atomic E-state index is 0.213. The Bertz CT molecular complexity index is 1620. The van der Waals surface area contributed by atoms with Crippen molar-refractivity contribution in [1.82, 2.24) is 9.45 Å². The lowest BCUT2D eigenvalue weighted by atomic mass is 10.1. The van der Waals surface area contributed by atoms with E-state index in [-0.39, 0.29) is 19.0 Å². The molecule has 42 heavy (non-hydrogen) atoms. The number of ether oxygens (including phenoxy) is 1. The van der Waals surface area contributed by atoms with Gasteiger partial charge in [0.05, 0.1) is 24.4 Å². The number of anilines is 1. The van der Waals surface area contributed by atoms with Crippen molar-refractivity contribution in [3.63, 3.8) is 0 Å². The Hall–Kier alpha value is -4.36. The number of alkyl halides is 3. The molecule has 0 amide bonds. The number of carbonyl (C=O) groups excluding carboxylic acids is 1. The minimum atomic E-state index is -4.43. The van der Waals surface area contributed by atoms with Gasteiger partial charge < -0.3 is 14.0 Å². The zero-order chi connectivity index (χ0) is 30.5. The van der Waals surface area contributed by atoms with Crippen molar-refractivity contribution in [2.24, 2.45) is 0 Å². The number of aromatic nitrogens is 1. The molecular weight excluding hydrogens is 575 g/mol. The molecule has 1 aromatic heterocycles. The lowest BCUT2D eigenvalue weighted by Gasteiger charge is -2.21. The maximum atomic E-state index is 12.9. The van der Waals surface area contributed by atoms with Gasteiger partial charge in [0, 0.05) is 24.6 Å². The molecule has 1 N–H and O–H groups in total. The number of benzene rings is 3. The Morgan fingerprint density at radius 3 is 2.21 bits per heavy atom. The van der Waals surface area contributed by atoms with E-state index in [1.54, 1.807) is 55.5 Å². The van der Waals surface area contributed by atoms with Crippen LogP contribution >= 0.6 is 0 Å². The van der Waals surface area contributed by atoms with Crippen LogP contribution in [0.1, 0.15) is 35.1 Å². The molecule has 4 rings (SSSR count). The van der Waals surface area contributed by atoms with Crippen LogP contribution < -0.4 is 9.46 Å². The summed E-state index contributed by atoms with van der Waals surface area (Å²) in [4.78, 5) is 21.0. The number of nitrogens with zero attached hydrogens (tertiary/aromatic N) is 2. The third-order valence-corrected chi connectivity index (χ3v) is 7.22. The molecule has 0 unspecified atom stereocenters. The van der Waals surface area contributed by atoms with Gasteiger partial charge in [0.15, 0.2) is 0 Å². The summed E-state index contributed by atoms with van der Waals surface area (Å²) in [5, 5.41) is 0. The summed E-state index contributed by atoms with van der Waals surface area (Å²) in [7, 11) is -4.22. The van der Waals surface area contributed by atoms with E-state index in [4.69, 9.17) is 14.0 Å². The SMILES string of the molecule is CC(=O)ON(Cc1ccc(OCCc2nc(-c3ccc(C(F)(F)F)cc3)oc2C)cc1)S(=O)(=O)Nc1ccc(C)cc1. The fourth-order valence-electron chi connectivity index (χ4n) is 3.82. The topological polar surface area (TPSA) is 111 Å². The Balaban J connectivity index is 1.35. The molecule has 0 aliphatic rings. The first-order valence-corrected chi connectivity index (χ1v) is 14.2. The lowest BCUT2D eigenvalue weighted by molar-refractivity contribution is -0.167. The second-order valence-corrected chi connectivity index (χ2v) is 10.9. The summed E-state index contributed by atoms with van der Waals surface area (Å²) in [6.45, 7) is 4.67. The number of halogens is 3. The normalized spacial score (nSPS) is 11.9. The number of oxazole rings is 1. The first-order chi connectivity index (χ1) is 19.8. The van der Waals surface area contributed by atoms with Crippen molar-refractivity contribution < 1.29 is 40.4 Å². The fraction of sp³-hybridized carbons (Fsp3) is 0.241. The zero-order valence-corrected chi connectivity index (χ0v) is 23.8. The van der Waals surface area contributed by atoms with Gasteiger partial charge in [-0.05, 0) is 72.4 Å². The number of carbonyl (C=O) groups is 1. The van der Waals surface area contributed by atoms with E-state index in [0.29, 0.717) is 44.9 Å². The van der Waals surface area contributed by atoms with Crippen molar-refractivity contribution >= 4 is 21.9 Å². The van der Waals surface area contributed by atoms with Gasteiger partial charge in [0.2, 0.25) is 5.89 Å². The maximum Gasteiger partial charge on any atom is 0.416 e. The second kappa shape index (κ2) is 12.7. The highest BCUT2D eigenvalue weighted by Gasteiger charge is 2.30. The largest absolute Gasteiger partial charge is 0.493 e. The van der Waals surface area contributed by atoms with E-state index in [2.05, 4.69) is 9.71 Å². The molecule has 9 nitrogen and oxygen atoms in total. The number of hydrogen-bond acceptors (Lipinski definition) is 7. The summed E-state index contributed by atoms with van der Waals surface area (Å²) < 4.78 is 78.6. The Kier molecular flexibility index (Phi) is 9.22. The van der Waals surface area contributed by atoms with E-state index in [0.717, 1.165) is 24.6 Å². The van der Waals surface area contributed by atoms with E-state index in [1.807, 2.05) is 6.92 Å². The predicted molar refractivity (Wildman–Crippen MR) is 148 cm³/mol. The predicted octanol–water partition coefficient (Wildman–Crippen LogP) is 6.24. The first-order valence-electron chi connectivity index (χ1n) is 12.7. The number of aryl methyl sites for hydroxylation is 2. The van der Waals surface area contributed by atoms with Gasteiger partial charge in [-0.15, -0.1) is 0 Å². The van der Waals surface area contributed by atoms with Gasteiger partial charge in [-0.3, -0.25) is 9.52 Å². The van der Waals surface area contributed by atoms with Gasteiger partial charge in [0.1, 0.15) is 11.5 Å². The van der Waals surface area contributed by atoms with Gasteiger partial charge in [-0.25, -0.2) is 4.98 Å². The Morgan fingerprint density at radius 2 is 1.62 bits per heavy atom. The van der Waals surface area contributed by atoms with Crippen LogP contribution in [0.2, 0.25) is 0 Å². The molecule has 0 atom stereocenters. The van der Waals surface area contributed by atoms with Crippen LogP contribution in [0.15, 0.2) is 77.2 Å². The average Bonchev–Trinajstić information content (AvgIpc) is 3.30. The molecule has 222 valence electrons. The van der Waals surface area contributed by atoms with E-state index in [1.165, 1.54) is 12.1 Å². The van der Waals surface area contributed by atoms with Crippen LogP contribution in [0.25, 0.3) is 11.5 Å². The smallest absolute Gasteiger partial charge is 0.416 e. The van der Waals surface area contributed by atoms with Gasteiger partial charge in [0.25, 0.3) is 0 Å². The van der Waals surface area contributed by atoms with Crippen molar-refractivity contribution in [3.8, 4) is 17.2 Å². The molecule has 1 heterocycles. The summed E-state index contributed by atoms with van der Waals surface area (Å²) in [6, 6.07) is 17.8. The molecule has 0 bridgehead atoms. The number of nitrogens with one attached hydrogen (secondary N) is 1. The van der Waals surface area contributed by atoms with Gasteiger partial charge in [-0.2, -0.15) is 21.6 Å². The molecule has 4 aromatic rings. The van der Waals surface area contributed by atoms with Crippen LogP contribution in [0.4, 0.5) is 18.9 Å². The molecule has 3 aromatic carbocycles. The minimum Gasteiger partial charge on any atom is -0.493 e. The number of hydrogen-bond donors (Lipinski definition) is 1. The van der Waals surface area contributed by atoms with Crippen LogP contribution in [0, 0.1) is 13.8 Å². The highest BCUT2D eigenvalue weighted by molar-refractivity contribution is 7.90. The molecular formula is C29H28F3N3O6S. The van der Waals surface area contributed by atoms with Crippen LogP contribution in [0.5, 0.6) is 5.75 Å².